The van der Waals surface area contributed by atoms with E-state index < -0.39 is 6.09 Å². The minimum absolute atomic E-state index is 0.0579. The Morgan fingerprint density at radius 2 is 2.08 bits per heavy atom. The number of hydrogen-bond acceptors (Lipinski definition) is 2. The Balaban J connectivity index is 2.39. The van der Waals surface area contributed by atoms with Crippen molar-refractivity contribution in [2.45, 2.75) is 12.8 Å². The second-order valence-corrected chi connectivity index (χ2v) is 2.81. The number of rotatable bonds is 1. The Bertz CT molecular complexity index is 190. The fourth-order valence-electron chi connectivity index (χ4n) is 1.32. The maximum Gasteiger partial charge on any atom is 0.407 e. The van der Waals surface area contributed by atoms with Crippen LogP contribution in [0.3, 0.4) is 0 Å². The van der Waals surface area contributed by atoms with E-state index in [1.165, 1.54) is 4.90 Å². The van der Waals surface area contributed by atoms with Gasteiger partial charge in [-0.25, -0.2) is 4.79 Å². The highest BCUT2D eigenvalue weighted by molar-refractivity contribution is 5.65. The van der Waals surface area contributed by atoms with E-state index in [0.717, 1.165) is 18.4 Å². The third-order valence-electron chi connectivity index (χ3n) is 2.06. The van der Waals surface area contributed by atoms with Crippen molar-refractivity contribution in [2.75, 3.05) is 19.7 Å². The van der Waals surface area contributed by atoms with Crippen LogP contribution in [0.25, 0.3) is 0 Å². The predicted molar refractivity (Wildman–Crippen MR) is 44.0 cm³/mol. The lowest BCUT2D eigenvalue weighted by molar-refractivity contribution is 0.141. The molecule has 0 aromatic carbocycles. The van der Waals surface area contributed by atoms with Gasteiger partial charge in [0.05, 0.1) is 6.61 Å². The molecule has 0 radical (unpaired) electrons. The Morgan fingerprint density at radius 3 is 2.50 bits per heavy atom. The first-order valence-corrected chi connectivity index (χ1v) is 4.00. The van der Waals surface area contributed by atoms with E-state index in [1.54, 1.807) is 6.08 Å². The lowest BCUT2D eigenvalue weighted by atomic mass is 10.0. The monoisotopic (exact) mass is 171 g/mol. The molecule has 1 heterocycles. The highest BCUT2D eigenvalue weighted by Crippen LogP contribution is 2.15. The van der Waals surface area contributed by atoms with Gasteiger partial charge in [0.2, 0.25) is 0 Å². The van der Waals surface area contributed by atoms with E-state index in [2.05, 4.69) is 0 Å². The Hall–Kier alpha value is -1.03. The van der Waals surface area contributed by atoms with Gasteiger partial charge < -0.3 is 15.1 Å². The van der Waals surface area contributed by atoms with Crippen molar-refractivity contribution < 1.29 is 15.0 Å². The first-order chi connectivity index (χ1) is 5.74. The molecule has 4 nitrogen and oxygen atoms in total. The van der Waals surface area contributed by atoms with Gasteiger partial charge in [-0.15, -0.1) is 0 Å². The first kappa shape index (κ1) is 9.06. The third kappa shape index (κ3) is 2.23. The first-order valence-electron chi connectivity index (χ1n) is 4.00. The normalized spacial score (nSPS) is 17.8. The van der Waals surface area contributed by atoms with Gasteiger partial charge in [0.25, 0.3) is 0 Å². The third-order valence-corrected chi connectivity index (χ3v) is 2.06. The zero-order valence-corrected chi connectivity index (χ0v) is 6.86. The summed E-state index contributed by atoms with van der Waals surface area (Å²) in [5.41, 5.74) is 1.16. The number of nitrogens with zero attached hydrogens (tertiary/aromatic N) is 1. The van der Waals surface area contributed by atoms with Gasteiger partial charge in [0.15, 0.2) is 0 Å². The van der Waals surface area contributed by atoms with Crippen LogP contribution in [0, 0.1) is 0 Å². The summed E-state index contributed by atoms with van der Waals surface area (Å²) in [6.07, 6.45) is 2.43. The number of piperidine rings is 1. The number of likely N-dealkylation sites (tertiary alicyclic amines) is 1. The quantitative estimate of drug-likeness (QED) is 0.570. The van der Waals surface area contributed by atoms with E-state index in [4.69, 9.17) is 10.2 Å². The number of aliphatic hydroxyl groups is 1. The Morgan fingerprint density at radius 1 is 1.50 bits per heavy atom. The van der Waals surface area contributed by atoms with E-state index in [9.17, 15) is 4.79 Å². The smallest absolute Gasteiger partial charge is 0.407 e. The highest BCUT2D eigenvalue weighted by Gasteiger charge is 2.16. The van der Waals surface area contributed by atoms with Gasteiger partial charge in [0, 0.05) is 13.1 Å². The van der Waals surface area contributed by atoms with Gasteiger partial charge in [-0.05, 0) is 12.8 Å². The van der Waals surface area contributed by atoms with Crippen molar-refractivity contribution in [3.63, 3.8) is 0 Å². The lowest BCUT2D eigenvalue weighted by Gasteiger charge is -2.25. The maximum absolute atomic E-state index is 10.5. The molecule has 1 aliphatic rings. The molecule has 4 heteroatoms. The number of amides is 1. The molecule has 1 fully saturated rings. The van der Waals surface area contributed by atoms with Gasteiger partial charge in [0.1, 0.15) is 0 Å². The van der Waals surface area contributed by atoms with Crippen molar-refractivity contribution in [1.29, 1.82) is 0 Å². The van der Waals surface area contributed by atoms with Crippen molar-refractivity contribution in [1.82, 2.24) is 4.90 Å². The van der Waals surface area contributed by atoms with Crippen LogP contribution in [-0.4, -0.2) is 40.9 Å². The summed E-state index contributed by atoms with van der Waals surface area (Å²) in [6.45, 7) is 1.17. The van der Waals surface area contributed by atoms with Crippen LogP contribution in [0.2, 0.25) is 0 Å². The molecule has 12 heavy (non-hydrogen) atoms. The molecule has 0 aromatic rings. The molecular weight excluding hydrogens is 158 g/mol. The SMILES string of the molecule is O=C(O)N1CCC(=CCO)CC1. The molecule has 2 N–H and O–H groups in total. The average Bonchev–Trinajstić information content (AvgIpc) is 2.06. The summed E-state index contributed by atoms with van der Waals surface area (Å²) >= 11 is 0. The predicted octanol–water partition coefficient (Wildman–Crippen LogP) is 0.679. The fourth-order valence-corrected chi connectivity index (χ4v) is 1.32. The van der Waals surface area contributed by atoms with Gasteiger partial charge in [-0.2, -0.15) is 0 Å². The lowest BCUT2D eigenvalue weighted by Crippen LogP contribution is -2.35. The van der Waals surface area contributed by atoms with Gasteiger partial charge in [-0.3, -0.25) is 0 Å². The molecular formula is C8H13NO3. The molecule has 1 rings (SSSR count). The second kappa shape index (κ2) is 4.11. The zero-order chi connectivity index (χ0) is 8.97. The van der Waals surface area contributed by atoms with E-state index in [0.29, 0.717) is 13.1 Å². The molecule has 0 atom stereocenters. The molecule has 0 bridgehead atoms. The van der Waals surface area contributed by atoms with Crippen molar-refractivity contribution in [3.8, 4) is 0 Å². The molecule has 0 saturated carbocycles. The number of carbonyl (C=O) groups is 1. The largest absolute Gasteiger partial charge is 0.465 e. The molecule has 0 unspecified atom stereocenters. The highest BCUT2D eigenvalue weighted by atomic mass is 16.4. The van der Waals surface area contributed by atoms with Crippen LogP contribution in [0.15, 0.2) is 11.6 Å². The van der Waals surface area contributed by atoms with Crippen LogP contribution < -0.4 is 0 Å². The molecule has 0 aliphatic carbocycles. The maximum atomic E-state index is 10.5. The van der Waals surface area contributed by atoms with Gasteiger partial charge >= 0.3 is 6.09 Å². The molecule has 1 aliphatic heterocycles. The van der Waals surface area contributed by atoms with E-state index in [1.807, 2.05) is 0 Å². The van der Waals surface area contributed by atoms with Crippen LogP contribution in [0.5, 0.6) is 0 Å². The van der Waals surface area contributed by atoms with Crippen LogP contribution in [-0.2, 0) is 0 Å². The molecule has 0 spiro atoms. The van der Waals surface area contributed by atoms with Crippen molar-refractivity contribution in [3.05, 3.63) is 11.6 Å². The summed E-state index contributed by atoms with van der Waals surface area (Å²) in [5, 5.41) is 17.2. The standard InChI is InChI=1S/C8H13NO3/c10-6-3-7-1-4-9(5-2-7)8(11)12/h3,10H,1-2,4-6H2,(H,11,12). The zero-order valence-electron chi connectivity index (χ0n) is 6.86. The van der Waals surface area contributed by atoms with Crippen LogP contribution in [0.1, 0.15) is 12.8 Å². The molecule has 1 amide bonds. The molecule has 68 valence electrons. The molecule has 1 saturated heterocycles. The topological polar surface area (TPSA) is 60.8 Å². The minimum atomic E-state index is -0.849. The van der Waals surface area contributed by atoms with Crippen LogP contribution >= 0.6 is 0 Å². The summed E-state index contributed by atoms with van der Waals surface area (Å²) < 4.78 is 0. The number of hydrogen-bond donors (Lipinski definition) is 2. The molecule has 0 aromatic heterocycles. The second-order valence-electron chi connectivity index (χ2n) is 2.81. The van der Waals surface area contributed by atoms with Crippen molar-refractivity contribution >= 4 is 6.09 Å². The van der Waals surface area contributed by atoms with E-state index >= 15 is 0 Å². The Kier molecular flexibility index (Phi) is 3.10. The number of carboxylic acid groups (broad SMARTS) is 1. The summed E-state index contributed by atoms with van der Waals surface area (Å²) in [7, 11) is 0. The van der Waals surface area contributed by atoms with Gasteiger partial charge in [-0.1, -0.05) is 11.6 Å². The van der Waals surface area contributed by atoms with Crippen molar-refractivity contribution in [2.24, 2.45) is 0 Å². The number of aliphatic hydroxyl groups excluding tert-OH is 1. The Labute approximate surface area is 71.1 Å². The summed E-state index contributed by atoms with van der Waals surface area (Å²) in [4.78, 5) is 11.9. The van der Waals surface area contributed by atoms with E-state index in [-0.39, 0.29) is 6.61 Å². The average molecular weight is 171 g/mol. The summed E-state index contributed by atoms with van der Waals surface area (Å²) in [5.74, 6) is 0. The van der Waals surface area contributed by atoms with Crippen LogP contribution in [0.4, 0.5) is 4.79 Å². The summed E-state index contributed by atoms with van der Waals surface area (Å²) in [6, 6.07) is 0. The fraction of sp³-hybridized carbons (Fsp3) is 0.625. The minimum Gasteiger partial charge on any atom is -0.465 e.